The highest BCUT2D eigenvalue weighted by Crippen LogP contribution is 2.44. The van der Waals surface area contributed by atoms with E-state index in [0.717, 1.165) is 11.1 Å². The number of rotatable bonds is 6. The molecule has 1 N–H and O–H groups in total. The lowest BCUT2D eigenvalue weighted by atomic mass is 9.94. The minimum atomic E-state index is -1.12. The number of hydrogen-bond acceptors (Lipinski definition) is 4. The van der Waals surface area contributed by atoms with Gasteiger partial charge >= 0.3 is 0 Å². The summed E-state index contributed by atoms with van der Waals surface area (Å²) in [4.78, 5) is 27.8. The quantitative estimate of drug-likeness (QED) is 0.267. The predicted molar refractivity (Wildman–Crippen MR) is 134 cm³/mol. The van der Waals surface area contributed by atoms with Gasteiger partial charge in [0.2, 0.25) is 0 Å². The summed E-state index contributed by atoms with van der Waals surface area (Å²) in [7, 11) is 0. The Morgan fingerprint density at radius 3 is 2.34 bits per heavy atom. The summed E-state index contributed by atoms with van der Waals surface area (Å²) in [5.74, 6) is -1.59. The number of aliphatic hydroxyl groups is 1. The Kier molecular flexibility index (Phi) is 6.74. The number of ether oxygens (including phenoxy) is 1. The summed E-state index contributed by atoms with van der Waals surface area (Å²) in [6, 6.07) is 17.0. The Morgan fingerprint density at radius 1 is 1.00 bits per heavy atom. The number of nitrogens with zero attached hydrogens (tertiary/aromatic N) is 1. The third kappa shape index (κ3) is 4.56. The zero-order valence-electron chi connectivity index (χ0n) is 20.2. The molecule has 4 rings (SSSR count). The Balaban J connectivity index is 1.88. The second-order valence-corrected chi connectivity index (χ2v) is 9.16. The van der Waals surface area contributed by atoms with Gasteiger partial charge in [0.25, 0.3) is 11.7 Å². The summed E-state index contributed by atoms with van der Waals surface area (Å²) >= 11 is 0. The number of para-hydroxylation sites is 1. The molecular formula is C29H28FNO4. The van der Waals surface area contributed by atoms with Crippen LogP contribution in [0.4, 0.5) is 10.1 Å². The third-order valence-electron chi connectivity index (χ3n) is 6.04. The first-order valence-corrected chi connectivity index (χ1v) is 11.6. The molecule has 0 spiro atoms. The largest absolute Gasteiger partial charge is 0.507 e. The number of halogens is 1. The van der Waals surface area contributed by atoms with Crippen LogP contribution in [0.3, 0.4) is 0 Å². The number of ketones is 1. The van der Waals surface area contributed by atoms with Gasteiger partial charge in [0.05, 0.1) is 18.2 Å². The lowest BCUT2D eigenvalue weighted by Gasteiger charge is -2.27. The van der Waals surface area contributed by atoms with Gasteiger partial charge in [-0.05, 0) is 61.2 Å². The fourth-order valence-electron chi connectivity index (χ4n) is 4.28. The molecule has 1 heterocycles. The zero-order valence-corrected chi connectivity index (χ0v) is 20.2. The van der Waals surface area contributed by atoms with E-state index < -0.39 is 23.5 Å². The normalized spacial score (nSPS) is 17.3. The smallest absolute Gasteiger partial charge is 0.300 e. The van der Waals surface area contributed by atoms with E-state index in [4.69, 9.17) is 4.74 Å². The number of aliphatic hydroxyl groups excluding tert-OH is 1. The molecule has 35 heavy (non-hydrogen) atoms. The first-order chi connectivity index (χ1) is 16.7. The lowest BCUT2D eigenvalue weighted by Crippen LogP contribution is -2.30. The Labute approximate surface area is 204 Å². The van der Waals surface area contributed by atoms with Crippen LogP contribution in [0.25, 0.3) is 5.76 Å². The monoisotopic (exact) mass is 473 g/mol. The van der Waals surface area contributed by atoms with Gasteiger partial charge in [0.1, 0.15) is 17.3 Å². The summed E-state index contributed by atoms with van der Waals surface area (Å²) < 4.78 is 20.8. The van der Waals surface area contributed by atoms with E-state index in [-0.39, 0.29) is 16.9 Å². The van der Waals surface area contributed by atoms with Crippen molar-refractivity contribution in [3.8, 4) is 5.75 Å². The molecule has 180 valence electrons. The van der Waals surface area contributed by atoms with Crippen LogP contribution in [-0.2, 0) is 9.59 Å². The van der Waals surface area contributed by atoms with Crippen molar-refractivity contribution < 1.29 is 23.8 Å². The van der Waals surface area contributed by atoms with Crippen molar-refractivity contribution in [1.82, 2.24) is 0 Å². The van der Waals surface area contributed by atoms with Crippen LogP contribution in [0.5, 0.6) is 5.75 Å². The van der Waals surface area contributed by atoms with E-state index in [2.05, 4.69) is 0 Å². The minimum absolute atomic E-state index is 0.130. The van der Waals surface area contributed by atoms with Crippen LogP contribution >= 0.6 is 0 Å². The number of carbonyl (C=O) groups is 2. The molecule has 1 amide bonds. The Hall–Kier alpha value is -3.93. The first kappa shape index (κ1) is 24.2. The van der Waals surface area contributed by atoms with E-state index in [1.54, 1.807) is 36.4 Å². The number of hydrogen-bond donors (Lipinski definition) is 1. The van der Waals surface area contributed by atoms with Crippen molar-refractivity contribution in [2.45, 2.75) is 33.7 Å². The van der Waals surface area contributed by atoms with Crippen LogP contribution in [0.15, 0.2) is 72.3 Å². The van der Waals surface area contributed by atoms with Gasteiger partial charge in [0, 0.05) is 16.8 Å². The van der Waals surface area contributed by atoms with Gasteiger partial charge in [-0.2, -0.15) is 0 Å². The molecule has 6 heteroatoms. The maximum atomic E-state index is 15.0. The van der Waals surface area contributed by atoms with Crippen LogP contribution in [0, 0.1) is 25.6 Å². The molecule has 1 unspecified atom stereocenters. The molecule has 1 saturated heterocycles. The molecule has 3 aromatic carbocycles. The maximum absolute atomic E-state index is 15.0. The highest BCUT2D eigenvalue weighted by atomic mass is 19.1. The SMILES string of the molecule is Cc1cc(/C(O)=C2\C(=O)C(=O)N(c3ccccc3C)C2c2ccccc2F)ccc1OCC(C)C. The number of anilines is 1. The zero-order chi connectivity index (χ0) is 25.3. The third-order valence-corrected chi connectivity index (χ3v) is 6.04. The van der Waals surface area contributed by atoms with E-state index in [1.165, 1.54) is 23.1 Å². The second-order valence-electron chi connectivity index (χ2n) is 9.16. The second kappa shape index (κ2) is 9.74. The number of carbonyl (C=O) groups excluding carboxylic acids is 2. The number of Topliss-reactive ketones (excluding diaryl/α,β-unsaturated/α-hetero) is 1. The topological polar surface area (TPSA) is 66.8 Å². The molecule has 0 aromatic heterocycles. The van der Waals surface area contributed by atoms with E-state index in [9.17, 15) is 14.7 Å². The highest BCUT2D eigenvalue weighted by Gasteiger charge is 2.48. The molecule has 0 saturated carbocycles. The van der Waals surface area contributed by atoms with Gasteiger partial charge in [-0.15, -0.1) is 0 Å². The molecule has 0 bridgehead atoms. The number of aryl methyl sites for hydroxylation is 2. The van der Waals surface area contributed by atoms with Crippen molar-refractivity contribution >= 4 is 23.1 Å². The summed E-state index contributed by atoms with van der Waals surface area (Å²) in [6.07, 6.45) is 0. The van der Waals surface area contributed by atoms with Crippen molar-refractivity contribution in [1.29, 1.82) is 0 Å². The molecule has 1 atom stereocenters. The van der Waals surface area contributed by atoms with E-state index in [1.807, 2.05) is 39.8 Å². The fourth-order valence-corrected chi connectivity index (χ4v) is 4.28. The molecule has 1 aliphatic rings. The van der Waals surface area contributed by atoms with Crippen molar-refractivity contribution in [3.05, 3.63) is 100 Å². The van der Waals surface area contributed by atoms with Crippen LogP contribution in [0.2, 0.25) is 0 Å². The van der Waals surface area contributed by atoms with E-state index >= 15 is 4.39 Å². The molecule has 0 aliphatic carbocycles. The lowest BCUT2D eigenvalue weighted by molar-refractivity contribution is -0.132. The fraction of sp³-hybridized carbons (Fsp3) is 0.241. The summed E-state index contributed by atoms with van der Waals surface area (Å²) in [6.45, 7) is 8.29. The van der Waals surface area contributed by atoms with Gasteiger partial charge < -0.3 is 9.84 Å². The number of benzene rings is 3. The standard InChI is InChI=1S/C29H28FNO4/c1-17(2)16-35-24-14-13-20(15-19(24)4)27(32)25-26(21-10-6-7-11-22(21)30)31(29(34)28(25)33)23-12-8-5-9-18(23)3/h5-15,17,26,32H,16H2,1-4H3/b27-25+. The summed E-state index contributed by atoms with van der Waals surface area (Å²) in [5, 5.41) is 11.3. The minimum Gasteiger partial charge on any atom is -0.507 e. The van der Waals surface area contributed by atoms with Gasteiger partial charge in [0.15, 0.2) is 0 Å². The molecule has 5 nitrogen and oxygen atoms in total. The van der Waals surface area contributed by atoms with Crippen molar-refractivity contribution in [2.75, 3.05) is 11.5 Å². The van der Waals surface area contributed by atoms with Crippen LogP contribution in [-0.4, -0.2) is 23.4 Å². The van der Waals surface area contributed by atoms with Gasteiger partial charge in [-0.25, -0.2) is 4.39 Å². The Morgan fingerprint density at radius 2 is 1.69 bits per heavy atom. The number of amides is 1. The first-order valence-electron chi connectivity index (χ1n) is 11.6. The van der Waals surface area contributed by atoms with Crippen molar-refractivity contribution in [2.24, 2.45) is 5.92 Å². The van der Waals surface area contributed by atoms with Crippen LogP contribution in [0.1, 0.15) is 42.1 Å². The molecule has 3 aromatic rings. The molecule has 0 radical (unpaired) electrons. The highest BCUT2D eigenvalue weighted by molar-refractivity contribution is 6.51. The molecule has 1 fully saturated rings. The van der Waals surface area contributed by atoms with Gasteiger partial charge in [-0.1, -0.05) is 50.2 Å². The Bertz CT molecular complexity index is 1330. The molecular weight excluding hydrogens is 445 g/mol. The van der Waals surface area contributed by atoms with Crippen LogP contribution < -0.4 is 9.64 Å². The van der Waals surface area contributed by atoms with Gasteiger partial charge in [-0.3, -0.25) is 14.5 Å². The van der Waals surface area contributed by atoms with E-state index in [0.29, 0.717) is 29.5 Å². The predicted octanol–water partition coefficient (Wildman–Crippen LogP) is 6.10. The van der Waals surface area contributed by atoms with Crippen molar-refractivity contribution in [3.63, 3.8) is 0 Å². The average molecular weight is 474 g/mol. The average Bonchev–Trinajstić information content (AvgIpc) is 3.08. The maximum Gasteiger partial charge on any atom is 0.300 e. The molecule has 1 aliphatic heterocycles. The summed E-state index contributed by atoms with van der Waals surface area (Å²) in [5.41, 5.74) is 2.33.